The fourth-order valence-electron chi connectivity index (χ4n) is 1.26. The van der Waals surface area contributed by atoms with Gasteiger partial charge in [-0.2, -0.15) is 0 Å². The van der Waals surface area contributed by atoms with Crippen molar-refractivity contribution < 1.29 is 9.21 Å². The van der Waals surface area contributed by atoms with Crippen LogP contribution in [0.1, 0.15) is 24.1 Å². The van der Waals surface area contributed by atoms with Gasteiger partial charge in [0.05, 0.1) is 5.92 Å². The summed E-state index contributed by atoms with van der Waals surface area (Å²) in [5.74, 6) is 1.23. The van der Waals surface area contributed by atoms with E-state index in [4.69, 9.17) is 4.42 Å². The number of carbonyl (C=O) groups excluding carboxylic acids is 1. The molecule has 1 N–H and O–H groups in total. The Bertz CT molecular complexity index is 307. The van der Waals surface area contributed by atoms with Gasteiger partial charge in [-0.3, -0.25) is 4.79 Å². The molecule has 1 aromatic heterocycles. The molecule has 2 heterocycles. The summed E-state index contributed by atoms with van der Waals surface area (Å²) in [6.45, 7) is 2.35. The molecule has 64 valence electrons. The van der Waals surface area contributed by atoms with E-state index in [1.54, 1.807) is 6.92 Å². The second-order valence-corrected chi connectivity index (χ2v) is 2.86. The predicted octanol–water partition coefficient (Wildman–Crippen LogP) is -0.0185. The van der Waals surface area contributed by atoms with Gasteiger partial charge in [0.15, 0.2) is 0 Å². The average molecular weight is 167 g/mol. The van der Waals surface area contributed by atoms with Gasteiger partial charge in [-0.1, -0.05) is 0 Å². The van der Waals surface area contributed by atoms with Crippen LogP contribution in [0.2, 0.25) is 0 Å². The Kier molecular flexibility index (Phi) is 1.56. The molecule has 0 unspecified atom stereocenters. The van der Waals surface area contributed by atoms with Crippen LogP contribution in [0.25, 0.3) is 0 Å². The summed E-state index contributed by atoms with van der Waals surface area (Å²) in [6.07, 6.45) is 0.460. The van der Waals surface area contributed by atoms with Gasteiger partial charge in [0.2, 0.25) is 17.7 Å². The van der Waals surface area contributed by atoms with Crippen molar-refractivity contribution in [2.24, 2.45) is 0 Å². The average Bonchev–Trinajstić information content (AvgIpc) is 2.58. The quantitative estimate of drug-likeness (QED) is 0.638. The number of nitrogens with one attached hydrogen (secondary N) is 1. The van der Waals surface area contributed by atoms with Crippen molar-refractivity contribution in [2.45, 2.75) is 19.3 Å². The van der Waals surface area contributed by atoms with E-state index in [2.05, 4.69) is 15.5 Å². The molecule has 1 fully saturated rings. The van der Waals surface area contributed by atoms with Crippen molar-refractivity contribution in [3.05, 3.63) is 11.8 Å². The maximum absolute atomic E-state index is 10.8. The van der Waals surface area contributed by atoms with Crippen LogP contribution >= 0.6 is 0 Å². The van der Waals surface area contributed by atoms with E-state index >= 15 is 0 Å². The van der Waals surface area contributed by atoms with Crippen LogP contribution in [0.3, 0.4) is 0 Å². The summed E-state index contributed by atoms with van der Waals surface area (Å²) in [6, 6.07) is 0. The van der Waals surface area contributed by atoms with Crippen molar-refractivity contribution in [3.8, 4) is 0 Å². The number of carbonyl (C=O) groups is 1. The predicted molar refractivity (Wildman–Crippen MR) is 39.4 cm³/mol. The first-order valence-corrected chi connectivity index (χ1v) is 3.82. The highest BCUT2D eigenvalue weighted by Crippen LogP contribution is 2.20. The number of aryl methyl sites for hydroxylation is 1. The Morgan fingerprint density at radius 2 is 2.42 bits per heavy atom. The highest BCUT2D eigenvalue weighted by Gasteiger charge is 2.27. The second kappa shape index (κ2) is 2.58. The lowest BCUT2D eigenvalue weighted by Crippen LogP contribution is -2.13. The van der Waals surface area contributed by atoms with E-state index in [9.17, 15) is 4.79 Å². The Balaban J connectivity index is 2.15. The Hall–Kier alpha value is -1.39. The molecule has 2 rings (SSSR count). The van der Waals surface area contributed by atoms with Gasteiger partial charge in [0, 0.05) is 19.9 Å². The van der Waals surface area contributed by atoms with Gasteiger partial charge >= 0.3 is 0 Å². The first-order chi connectivity index (χ1) is 5.75. The minimum atomic E-state index is 0.0517. The molecule has 1 saturated heterocycles. The van der Waals surface area contributed by atoms with Crippen LogP contribution in [0.15, 0.2) is 4.42 Å². The summed E-state index contributed by atoms with van der Waals surface area (Å²) < 4.78 is 5.20. The summed E-state index contributed by atoms with van der Waals surface area (Å²) >= 11 is 0. The first-order valence-electron chi connectivity index (χ1n) is 3.82. The molecular weight excluding hydrogens is 158 g/mol. The maximum atomic E-state index is 10.8. The van der Waals surface area contributed by atoms with Crippen molar-refractivity contribution in [3.63, 3.8) is 0 Å². The molecule has 0 aromatic carbocycles. The summed E-state index contributed by atoms with van der Waals surface area (Å²) in [7, 11) is 0. The van der Waals surface area contributed by atoms with E-state index in [-0.39, 0.29) is 11.8 Å². The zero-order chi connectivity index (χ0) is 8.55. The molecule has 1 amide bonds. The van der Waals surface area contributed by atoms with Crippen molar-refractivity contribution in [1.82, 2.24) is 15.5 Å². The fraction of sp³-hybridized carbons (Fsp3) is 0.571. The second-order valence-electron chi connectivity index (χ2n) is 2.86. The third kappa shape index (κ3) is 1.17. The number of nitrogens with zero attached hydrogens (tertiary/aromatic N) is 2. The van der Waals surface area contributed by atoms with Gasteiger partial charge in [-0.25, -0.2) is 0 Å². The van der Waals surface area contributed by atoms with Crippen LogP contribution < -0.4 is 5.32 Å². The van der Waals surface area contributed by atoms with Crippen LogP contribution in [-0.2, 0) is 4.79 Å². The number of amides is 1. The summed E-state index contributed by atoms with van der Waals surface area (Å²) in [5.41, 5.74) is 0. The molecule has 5 heteroatoms. The van der Waals surface area contributed by atoms with Crippen LogP contribution in [-0.4, -0.2) is 22.6 Å². The van der Waals surface area contributed by atoms with E-state index in [0.29, 0.717) is 24.7 Å². The zero-order valence-electron chi connectivity index (χ0n) is 6.70. The molecule has 1 aromatic rings. The van der Waals surface area contributed by atoms with Crippen LogP contribution in [0.5, 0.6) is 0 Å². The number of hydrogen-bond acceptors (Lipinski definition) is 4. The topological polar surface area (TPSA) is 68.0 Å². The van der Waals surface area contributed by atoms with Gasteiger partial charge in [-0.15, -0.1) is 10.2 Å². The molecule has 0 bridgehead atoms. The minimum absolute atomic E-state index is 0.0517. The summed E-state index contributed by atoms with van der Waals surface area (Å²) in [5, 5.41) is 10.3. The van der Waals surface area contributed by atoms with Gasteiger partial charge in [0.1, 0.15) is 0 Å². The monoisotopic (exact) mass is 167 g/mol. The number of hydrogen-bond donors (Lipinski definition) is 1. The Morgan fingerprint density at radius 3 is 2.92 bits per heavy atom. The third-order valence-corrected chi connectivity index (χ3v) is 1.87. The smallest absolute Gasteiger partial charge is 0.221 e. The van der Waals surface area contributed by atoms with Crippen LogP contribution in [0.4, 0.5) is 0 Å². The van der Waals surface area contributed by atoms with Crippen molar-refractivity contribution in [2.75, 3.05) is 6.54 Å². The Labute approximate surface area is 69.2 Å². The number of rotatable bonds is 1. The summed E-state index contributed by atoms with van der Waals surface area (Å²) in [4.78, 5) is 10.8. The standard InChI is InChI=1S/C7H9N3O2/c1-4-9-10-7(12-4)5-2-6(11)8-3-5/h5H,2-3H2,1H3,(H,8,11)/t5-/m0/s1. The molecule has 5 nitrogen and oxygen atoms in total. The largest absolute Gasteiger partial charge is 0.425 e. The molecular formula is C7H9N3O2. The molecule has 12 heavy (non-hydrogen) atoms. The molecule has 0 aliphatic carbocycles. The molecule has 1 aliphatic heterocycles. The lowest BCUT2D eigenvalue weighted by atomic mass is 10.1. The third-order valence-electron chi connectivity index (χ3n) is 1.87. The molecule has 0 radical (unpaired) electrons. The van der Waals surface area contributed by atoms with Gasteiger partial charge < -0.3 is 9.73 Å². The minimum Gasteiger partial charge on any atom is -0.425 e. The normalized spacial score (nSPS) is 22.8. The van der Waals surface area contributed by atoms with E-state index in [1.807, 2.05) is 0 Å². The molecule has 0 spiro atoms. The highest BCUT2D eigenvalue weighted by molar-refractivity contribution is 5.79. The van der Waals surface area contributed by atoms with Gasteiger partial charge in [0.25, 0.3) is 0 Å². The zero-order valence-corrected chi connectivity index (χ0v) is 6.70. The first kappa shape index (κ1) is 7.27. The Morgan fingerprint density at radius 1 is 1.58 bits per heavy atom. The highest BCUT2D eigenvalue weighted by atomic mass is 16.4. The molecule has 1 atom stereocenters. The van der Waals surface area contributed by atoms with Crippen molar-refractivity contribution in [1.29, 1.82) is 0 Å². The number of aromatic nitrogens is 2. The SMILES string of the molecule is Cc1nnc([C@@H]2CNC(=O)C2)o1. The van der Waals surface area contributed by atoms with E-state index in [0.717, 1.165) is 0 Å². The lowest BCUT2D eigenvalue weighted by Gasteiger charge is -1.97. The van der Waals surface area contributed by atoms with Crippen molar-refractivity contribution >= 4 is 5.91 Å². The van der Waals surface area contributed by atoms with Gasteiger partial charge in [-0.05, 0) is 0 Å². The molecule has 0 saturated carbocycles. The fourth-order valence-corrected chi connectivity index (χ4v) is 1.26. The molecule has 1 aliphatic rings. The lowest BCUT2D eigenvalue weighted by molar-refractivity contribution is -0.119. The van der Waals surface area contributed by atoms with E-state index in [1.165, 1.54) is 0 Å². The maximum Gasteiger partial charge on any atom is 0.221 e. The van der Waals surface area contributed by atoms with E-state index < -0.39 is 0 Å². The van der Waals surface area contributed by atoms with Crippen LogP contribution in [0, 0.1) is 6.92 Å².